The average molecular weight is 1570 g/mol. The smallest absolute Gasteiger partial charge is 0.350 e. The number of esters is 5. The van der Waals surface area contributed by atoms with Gasteiger partial charge in [0.25, 0.3) is 5.91 Å². The van der Waals surface area contributed by atoms with E-state index in [-0.39, 0.29) is 72.7 Å². The third-order valence-corrected chi connectivity index (χ3v) is 21.6. The van der Waals surface area contributed by atoms with E-state index in [0.717, 1.165) is 18.7 Å². The molecule has 35 heteroatoms. The van der Waals surface area contributed by atoms with Crippen LogP contribution in [-0.2, 0) is 104 Å². The first kappa shape index (κ1) is 83.5. The molecule has 113 heavy (non-hydrogen) atoms. The lowest BCUT2D eigenvalue weighted by atomic mass is 9.44. The van der Waals surface area contributed by atoms with E-state index < -0.39 is 235 Å². The highest BCUT2D eigenvalue weighted by Gasteiger charge is 2.78. The Bertz CT molecular complexity index is 4430. The van der Waals surface area contributed by atoms with E-state index in [0.29, 0.717) is 11.1 Å². The summed E-state index contributed by atoms with van der Waals surface area (Å²) in [4.78, 5) is 215. The van der Waals surface area contributed by atoms with E-state index in [1.165, 1.54) is 64.1 Å². The van der Waals surface area contributed by atoms with Gasteiger partial charge in [-0.25, -0.2) is 9.59 Å². The molecule has 0 unspecified atom stereocenters. The number of benzene rings is 4. The minimum absolute atomic E-state index is 0.0194. The van der Waals surface area contributed by atoms with Crippen LogP contribution in [0.15, 0.2) is 131 Å². The van der Waals surface area contributed by atoms with Gasteiger partial charge in [0.1, 0.15) is 54.1 Å². The lowest BCUT2D eigenvalue weighted by Crippen LogP contribution is -2.82. The molecule has 11 rings (SSSR count). The number of guanidine groups is 1. The predicted octanol–water partition coefficient (Wildman–Crippen LogP) is -0.287. The average Bonchev–Trinajstić information content (AvgIpc) is 0.668. The Morgan fingerprint density at radius 1 is 0.743 bits per heavy atom. The van der Waals surface area contributed by atoms with Crippen LogP contribution in [0.2, 0.25) is 0 Å². The van der Waals surface area contributed by atoms with E-state index in [2.05, 4.69) is 42.2 Å². The van der Waals surface area contributed by atoms with Gasteiger partial charge in [0, 0.05) is 70.3 Å². The standard InChI is InChI=1S/C78H91N11O24/c1-40-52(34-78(107)66(112-72(105)47-21-14-9-15-22-47)64-76(6,53(92)33-54-77(64,39-108-54)113-42(3)91)65(99)62(109-41(2)90)60(40)75(78,4)5)110-73(106)63(61(45-17-10-7-11-18-45)88-67(100)46-19-12-8-13-20-46)111-59(98)29-28-55(93)82-35-43-24-26-44(27-25-43)38-89-51-36-83-69(102)49(32-58(96)97)86-57(95)37-84-68(101)48(23-16-30-81-74(79)80)85-56(94)31-50(71(89)104)87-70(51)103/h7-15,17-22,24-27,48-54,61-64,66,92,107H,16,23,28-39H2,1-6H3,(H,82,93)(H,83,102)(H,84,101)(H,85,94)(H,86,95)(H,87,103)(H,88,100)(H,96,97)(H4,79,80,81)/t48-,49-,50+,51-,52-,53-,54+,61-,62+,63+,64-,66-,76+,77-,78+/m0/s1. The molecular weight excluding hydrogens is 1470 g/mol. The molecule has 0 spiro atoms. The highest BCUT2D eigenvalue weighted by atomic mass is 16.6. The normalized spacial score (nSPS) is 27.4. The van der Waals surface area contributed by atoms with E-state index in [1.807, 2.05) is 0 Å². The summed E-state index contributed by atoms with van der Waals surface area (Å²) in [6, 6.07) is 21.8. The minimum atomic E-state index is -2.60. The molecule has 4 aromatic rings. The van der Waals surface area contributed by atoms with E-state index in [1.54, 1.807) is 78.9 Å². The highest BCUT2D eigenvalue weighted by molar-refractivity contribution is 6.01. The molecule has 0 aromatic heterocycles. The van der Waals surface area contributed by atoms with Gasteiger partial charge in [0.05, 0.1) is 55.4 Å². The molecule has 6 fully saturated rings. The van der Waals surface area contributed by atoms with Crippen molar-refractivity contribution in [2.45, 2.75) is 184 Å². The molecule has 8 amide bonds. The number of piperazine rings is 1. The number of ether oxygens (including phenoxy) is 6. The van der Waals surface area contributed by atoms with Gasteiger partial charge in [-0.15, -0.1) is 0 Å². The first-order chi connectivity index (χ1) is 53.6. The van der Waals surface area contributed by atoms with Crippen molar-refractivity contribution in [2.75, 3.05) is 26.2 Å². The molecular formula is C78H91N11O24. The van der Waals surface area contributed by atoms with Crippen LogP contribution in [0.4, 0.5) is 0 Å². The van der Waals surface area contributed by atoms with Crippen LogP contribution in [0.25, 0.3) is 0 Å². The number of carbonyl (C=O) groups is 15. The van der Waals surface area contributed by atoms with Gasteiger partial charge in [0.15, 0.2) is 23.4 Å². The monoisotopic (exact) mass is 1570 g/mol. The van der Waals surface area contributed by atoms with E-state index in [9.17, 15) is 77.6 Å². The Hall–Kier alpha value is -12.0. The summed E-state index contributed by atoms with van der Waals surface area (Å²) < 4.78 is 37.1. The molecule has 14 N–H and O–H groups in total. The Labute approximate surface area is 647 Å². The maximum Gasteiger partial charge on any atom is 0.350 e. The van der Waals surface area contributed by atoms with Crippen molar-refractivity contribution in [3.05, 3.63) is 154 Å². The van der Waals surface area contributed by atoms with Crippen molar-refractivity contribution in [1.82, 2.24) is 42.1 Å². The maximum atomic E-state index is 16.0. The van der Waals surface area contributed by atoms with E-state index in [4.69, 9.17) is 39.9 Å². The number of rotatable bonds is 24. The quantitative estimate of drug-likeness (QED) is 0.00816. The fourth-order valence-corrected chi connectivity index (χ4v) is 15.8. The zero-order chi connectivity index (χ0) is 82.0. The molecule has 2 saturated carbocycles. The maximum absolute atomic E-state index is 16.0. The lowest BCUT2D eigenvalue weighted by molar-refractivity contribution is -0.346. The Balaban J connectivity index is 0.904. The van der Waals surface area contributed by atoms with Crippen LogP contribution in [0.5, 0.6) is 0 Å². The number of carboxylic acid groups (broad SMARTS) is 1. The Kier molecular flexibility index (Phi) is 26.0. The molecule has 4 aromatic carbocycles. The number of aliphatic hydroxyl groups excluding tert-OH is 1. The van der Waals surface area contributed by atoms with Gasteiger partial charge >= 0.3 is 35.8 Å². The second-order valence-electron chi connectivity index (χ2n) is 29.4. The second kappa shape index (κ2) is 35.2. The van der Waals surface area contributed by atoms with Gasteiger partial charge in [-0.3, -0.25) is 67.3 Å². The summed E-state index contributed by atoms with van der Waals surface area (Å²) in [6.45, 7) is 5.66. The number of aliphatic hydroxyl groups is 2. The molecule has 15 atom stereocenters. The Morgan fingerprint density at radius 2 is 1.37 bits per heavy atom. The third-order valence-electron chi connectivity index (χ3n) is 21.6. The van der Waals surface area contributed by atoms with Crippen molar-refractivity contribution < 1.29 is 116 Å². The number of aliphatic carboxylic acids is 1. The molecule has 7 aliphatic rings. The number of fused-ring (bicyclic) bond motifs is 19. The summed E-state index contributed by atoms with van der Waals surface area (Å²) in [6.07, 6.45) is -14.6. The number of carbonyl (C=O) groups excluding carboxylic acids is 14. The number of Topliss-reactive ketones (excluding diaryl/α,β-unsaturated/α-hetero) is 1. The summed E-state index contributed by atoms with van der Waals surface area (Å²) in [5, 5.41) is 53.7. The molecule has 4 heterocycles. The summed E-state index contributed by atoms with van der Waals surface area (Å²) in [5.74, 6) is -16.7. The van der Waals surface area contributed by atoms with Crippen molar-refractivity contribution in [3.8, 4) is 0 Å². The largest absolute Gasteiger partial charge is 0.481 e. The molecule has 35 nitrogen and oxygen atoms in total. The van der Waals surface area contributed by atoms with Gasteiger partial charge in [-0.1, -0.05) is 105 Å². The van der Waals surface area contributed by atoms with Gasteiger partial charge in [-0.2, -0.15) is 0 Å². The van der Waals surface area contributed by atoms with Gasteiger partial charge < -0.3 is 97.3 Å². The van der Waals surface area contributed by atoms with Crippen molar-refractivity contribution in [1.29, 1.82) is 0 Å². The van der Waals surface area contributed by atoms with E-state index >= 15 is 9.59 Å². The number of ketones is 1. The van der Waals surface area contributed by atoms with Crippen molar-refractivity contribution in [2.24, 2.45) is 33.2 Å². The summed E-state index contributed by atoms with van der Waals surface area (Å²) >= 11 is 0. The van der Waals surface area contributed by atoms with Crippen LogP contribution in [0.1, 0.15) is 136 Å². The number of amides is 8. The molecule has 4 saturated heterocycles. The van der Waals surface area contributed by atoms with Crippen LogP contribution in [0, 0.1) is 16.7 Å². The fraction of sp³-hybridized carbons (Fsp3) is 0.462. The number of nitrogens with one attached hydrogen (secondary N) is 7. The first-order valence-electron chi connectivity index (χ1n) is 36.6. The number of nitrogens with zero attached hydrogens (tertiary/aromatic N) is 2. The Morgan fingerprint density at radius 3 is 1.99 bits per heavy atom. The van der Waals surface area contributed by atoms with Crippen molar-refractivity contribution in [3.63, 3.8) is 0 Å². The minimum Gasteiger partial charge on any atom is -0.481 e. The van der Waals surface area contributed by atoms with Gasteiger partial charge in [0.2, 0.25) is 47.5 Å². The lowest BCUT2D eigenvalue weighted by Gasteiger charge is -2.67. The third kappa shape index (κ3) is 18.5. The molecule has 0 radical (unpaired) electrons. The number of nitrogens with two attached hydrogens (primary N) is 2. The SMILES string of the molecule is CC(=O)O[C@H]1C(=O)[C@@]2(C)[C@H]([C@H](OC(=O)c3ccccc3)[C@]3(O)C[C@H](OC(=O)[C@H](OC(=O)CCC(=O)NCc4ccc(CN5C(=O)[C@H]6CC(=O)N[C@@H](CCCN=C(N)N)C(=O)NCC(=O)N[C@@H](CC(=O)O)C(=O)NC[C@H]5C(=O)N6)cc4)[C@@H](NC(=O)c4ccccc4)c4ccccc4)C(C)=C1C3(C)C)[C@]1(OC(C)=O)CO[C@@H]1C[C@@H]2O. The molecule has 3 aliphatic carbocycles. The molecule has 602 valence electrons. The first-order valence-corrected chi connectivity index (χ1v) is 36.6. The van der Waals surface area contributed by atoms with Gasteiger partial charge in [-0.05, 0) is 78.8 Å². The highest BCUT2D eigenvalue weighted by Crippen LogP contribution is 2.64. The molecule has 4 bridgehead atoms. The van der Waals surface area contributed by atoms with Crippen molar-refractivity contribution >= 4 is 94.8 Å². The number of hydrogen-bond donors (Lipinski definition) is 12. The number of aliphatic imine (C=N–C) groups is 1. The fourth-order valence-electron chi connectivity index (χ4n) is 15.8. The summed E-state index contributed by atoms with van der Waals surface area (Å²) in [7, 11) is 0. The summed E-state index contributed by atoms with van der Waals surface area (Å²) in [5.41, 5.74) is 3.29. The van der Waals surface area contributed by atoms with Crippen LogP contribution >= 0.6 is 0 Å². The second-order valence-corrected chi connectivity index (χ2v) is 29.4. The predicted molar refractivity (Wildman–Crippen MR) is 392 cm³/mol. The van der Waals surface area contributed by atoms with Crippen LogP contribution in [-0.4, -0.2) is 213 Å². The van der Waals surface area contributed by atoms with Crippen LogP contribution in [0.3, 0.4) is 0 Å². The molecule has 4 aliphatic heterocycles. The number of hydrogen-bond acceptors (Lipinski definition) is 24. The number of carboxylic acids is 1. The van der Waals surface area contributed by atoms with Crippen LogP contribution < -0.4 is 48.7 Å². The zero-order valence-electron chi connectivity index (χ0n) is 62.8. The zero-order valence-corrected chi connectivity index (χ0v) is 62.8. The topological polar surface area (TPSA) is 524 Å².